The molecule has 1 aliphatic rings. The van der Waals surface area contributed by atoms with Crippen molar-refractivity contribution in [2.75, 3.05) is 6.54 Å². The topological polar surface area (TPSA) is 24.1 Å². The summed E-state index contributed by atoms with van der Waals surface area (Å²) < 4.78 is 0. The van der Waals surface area contributed by atoms with Crippen molar-refractivity contribution in [3.63, 3.8) is 0 Å². The predicted octanol–water partition coefficient (Wildman–Crippen LogP) is 4.73. The maximum atomic E-state index is 3.85. The van der Waals surface area contributed by atoms with Crippen LogP contribution in [-0.2, 0) is 6.54 Å². The van der Waals surface area contributed by atoms with Gasteiger partial charge in [-0.25, -0.2) is 0 Å². The molecule has 2 nitrogen and oxygen atoms in total. The predicted molar refractivity (Wildman–Crippen MR) is 113 cm³/mol. The lowest BCUT2D eigenvalue weighted by Crippen LogP contribution is -2.54. The highest BCUT2D eigenvalue weighted by Gasteiger charge is 2.33. The molecule has 0 radical (unpaired) electrons. The summed E-state index contributed by atoms with van der Waals surface area (Å²) in [6.07, 6.45) is 2.43. The Balaban J connectivity index is 1.60. The van der Waals surface area contributed by atoms with Crippen molar-refractivity contribution >= 4 is 0 Å². The molecule has 138 valence electrons. The van der Waals surface area contributed by atoms with Crippen molar-refractivity contribution in [1.29, 1.82) is 0 Å². The summed E-state index contributed by atoms with van der Waals surface area (Å²) in [4.78, 5) is 0. The second-order valence-corrected chi connectivity index (χ2v) is 7.39. The van der Waals surface area contributed by atoms with E-state index in [2.05, 4.69) is 102 Å². The monoisotopic (exact) mass is 356 g/mol. The lowest BCUT2D eigenvalue weighted by Gasteiger charge is -2.39. The number of rotatable bonds is 6. The molecular formula is C25H28N2. The van der Waals surface area contributed by atoms with Crippen LogP contribution in [-0.4, -0.2) is 18.6 Å². The van der Waals surface area contributed by atoms with E-state index in [4.69, 9.17) is 0 Å². The number of hydrogen-bond donors (Lipinski definition) is 2. The third-order valence-electron chi connectivity index (χ3n) is 5.59. The second kappa shape index (κ2) is 8.98. The molecule has 0 spiro atoms. The maximum absolute atomic E-state index is 3.85. The normalized spacial score (nSPS) is 19.9. The first-order chi connectivity index (χ1) is 13.4. The summed E-state index contributed by atoms with van der Waals surface area (Å²) in [5.74, 6) is 0.348. The molecule has 2 N–H and O–H groups in total. The summed E-state index contributed by atoms with van der Waals surface area (Å²) in [7, 11) is 0. The highest BCUT2D eigenvalue weighted by atomic mass is 15.0. The molecule has 1 fully saturated rings. The zero-order valence-electron chi connectivity index (χ0n) is 15.7. The van der Waals surface area contributed by atoms with Crippen LogP contribution in [0.2, 0.25) is 0 Å². The molecule has 2 heteroatoms. The Bertz CT molecular complexity index is 762. The summed E-state index contributed by atoms with van der Waals surface area (Å²) in [5.41, 5.74) is 4.11. The minimum atomic E-state index is 0.348. The van der Waals surface area contributed by atoms with Crippen molar-refractivity contribution < 1.29 is 0 Å². The van der Waals surface area contributed by atoms with Gasteiger partial charge in [-0.1, -0.05) is 91.0 Å². The molecule has 0 unspecified atom stereocenters. The fourth-order valence-corrected chi connectivity index (χ4v) is 4.26. The second-order valence-electron chi connectivity index (χ2n) is 7.39. The first-order valence-corrected chi connectivity index (χ1v) is 10.0. The van der Waals surface area contributed by atoms with E-state index < -0.39 is 0 Å². The van der Waals surface area contributed by atoms with E-state index in [-0.39, 0.29) is 0 Å². The molecule has 1 saturated heterocycles. The van der Waals surface area contributed by atoms with E-state index in [1.54, 1.807) is 0 Å². The van der Waals surface area contributed by atoms with Crippen molar-refractivity contribution in [2.24, 2.45) is 0 Å². The molecule has 1 aliphatic heterocycles. The number of benzene rings is 3. The van der Waals surface area contributed by atoms with Crippen LogP contribution in [0.25, 0.3) is 0 Å². The van der Waals surface area contributed by atoms with E-state index >= 15 is 0 Å². The average molecular weight is 357 g/mol. The lowest BCUT2D eigenvalue weighted by atomic mass is 9.79. The highest BCUT2D eigenvalue weighted by Crippen LogP contribution is 2.32. The van der Waals surface area contributed by atoms with Gasteiger partial charge in [0.1, 0.15) is 0 Å². The van der Waals surface area contributed by atoms with Gasteiger partial charge in [0.2, 0.25) is 0 Å². The third kappa shape index (κ3) is 4.47. The van der Waals surface area contributed by atoms with Gasteiger partial charge in [0.25, 0.3) is 0 Å². The van der Waals surface area contributed by atoms with Gasteiger partial charge < -0.3 is 10.6 Å². The third-order valence-corrected chi connectivity index (χ3v) is 5.59. The molecule has 1 heterocycles. The van der Waals surface area contributed by atoms with Gasteiger partial charge >= 0.3 is 0 Å². The van der Waals surface area contributed by atoms with Gasteiger partial charge in [-0.05, 0) is 36.1 Å². The van der Waals surface area contributed by atoms with Crippen molar-refractivity contribution in [1.82, 2.24) is 10.6 Å². The largest absolute Gasteiger partial charge is 0.311 e. The molecule has 27 heavy (non-hydrogen) atoms. The molecule has 4 rings (SSSR count). The maximum Gasteiger partial charge on any atom is 0.0330 e. The standard InChI is InChI=1S/C25H28N2/c1-4-11-20(12-5-1)19-27-23-17-10-18-26-25(23)24(21-13-6-2-7-14-21)22-15-8-3-9-16-22/h1-9,11-16,23-27H,10,17-19H2/t23-,25+/m1/s1. The molecule has 0 amide bonds. The first kappa shape index (κ1) is 18.0. The molecule has 0 aromatic heterocycles. The quantitative estimate of drug-likeness (QED) is 0.667. The Morgan fingerprint density at radius 2 is 1.33 bits per heavy atom. The smallest absolute Gasteiger partial charge is 0.0330 e. The van der Waals surface area contributed by atoms with Crippen molar-refractivity contribution in [3.8, 4) is 0 Å². The average Bonchev–Trinajstić information content (AvgIpc) is 2.76. The summed E-state index contributed by atoms with van der Waals surface area (Å²) in [5, 5.41) is 7.69. The number of piperidine rings is 1. The van der Waals surface area contributed by atoms with Crippen LogP contribution in [0.5, 0.6) is 0 Å². The van der Waals surface area contributed by atoms with Crippen molar-refractivity contribution in [2.45, 2.75) is 37.4 Å². The minimum absolute atomic E-state index is 0.348. The van der Waals surface area contributed by atoms with E-state index in [0.717, 1.165) is 13.1 Å². The fourth-order valence-electron chi connectivity index (χ4n) is 4.26. The van der Waals surface area contributed by atoms with Crippen LogP contribution in [0.4, 0.5) is 0 Å². The zero-order chi connectivity index (χ0) is 18.3. The SMILES string of the molecule is c1ccc(CN[C@@H]2CCCN[C@@H]2C(c2ccccc2)c2ccccc2)cc1. The Hall–Kier alpha value is -2.42. The first-order valence-electron chi connectivity index (χ1n) is 10.0. The fraction of sp³-hybridized carbons (Fsp3) is 0.280. The Labute approximate surface area is 162 Å². The van der Waals surface area contributed by atoms with E-state index in [1.807, 2.05) is 0 Å². The van der Waals surface area contributed by atoms with Crippen molar-refractivity contribution in [3.05, 3.63) is 108 Å². The van der Waals surface area contributed by atoms with Gasteiger partial charge in [0.15, 0.2) is 0 Å². The summed E-state index contributed by atoms with van der Waals surface area (Å²) in [6.45, 7) is 2.00. The number of hydrogen-bond acceptors (Lipinski definition) is 2. The Morgan fingerprint density at radius 1 is 0.778 bits per heavy atom. The Morgan fingerprint density at radius 3 is 1.93 bits per heavy atom. The lowest BCUT2D eigenvalue weighted by molar-refractivity contribution is 0.280. The van der Waals surface area contributed by atoms with Crippen LogP contribution < -0.4 is 10.6 Å². The van der Waals surface area contributed by atoms with Crippen LogP contribution in [0, 0.1) is 0 Å². The van der Waals surface area contributed by atoms with Crippen LogP contribution in [0.1, 0.15) is 35.4 Å². The molecular weight excluding hydrogens is 328 g/mol. The highest BCUT2D eigenvalue weighted by molar-refractivity contribution is 5.35. The molecule has 0 saturated carbocycles. The number of nitrogens with one attached hydrogen (secondary N) is 2. The summed E-state index contributed by atoms with van der Waals surface area (Å²) in [6, 6.07) is 33.4. The van der Waals surface area contributed by atoms with Gasteiger partial charge in [-0.2, -0.15) is 0 Å². The minimum Gasteiger partial charge on any atom is -0.311 e. The van der Waals surface area contributed by atoms with E-state index in [1.165, 1.54) is 29.5 Å². The molecule has 2 atom stereocenters. The van der Waals surface area contributed by atoms with Gasteiger partial charge in [-0.3, -0.25) is 0 Å². The molecule has 3 aromatic carbocycles. The zero-order valence-corrected chi connectivity index (χ0v) is 15.7. The van der Waals surface area contributed by atoms with Gasteiger partial charge in [0.05, 0.1) is 0 Å². The van der Waals surface area contributed by atoms with E-state index in [9.17, 15) is 0 Å². The van der Waals surface area contributed by atoms with Crippen LogP contribution in [0.3, 0.4) is 0 Å². The molecule has 0 bridgehead atoms. The summed E-state index contributed by atoms with van der Waals surface area (Å²) >= 11 is 0. The van der Waals surface area contributed by atoms with Gasteiger partial charge in [0, 0.05) is 24.5 Å². The molecule has 0 aliphatic carbocycles. The molecule has 3 aromatic rings. The van der Waals surface area contributed by atoms with Crippen LogP contribution >= 0.6 is 0 Å². The van der Waals surface area contributed by atoms with E-state index in [0.29, 0.717) is 18.0 Å². The van der Waals surface area contributed by atoms with Crippen LogP contribution in [0.15, 0.2) is 91.0 Å². The van der Waals surface area contributed by atoms with Gasteiger partial charge in [-0.15, -0.1) is 0 Å². The Kier molecular flexibility index (Phi) is 5.98.